The van der Waals surface area contributed by atoms with Crippen molar-refractivity contribution in [2.24, 2.45) is 0 Å². The Bertz CT molecular complexity index is 321. The molecule has 1 aliphatic rings. The molecule has 0 atom stereocenters. The molecule has 1 aromatic rings. The maximum absolute atomic E-state index is 2.55. The van der Waals surface area contributed by atoms with Gasteiger partial charge in [-0.2, -0.15) is 0 Å². The van der Waals surface area contributed by atoms with Crippen LogP contribution in [-0.4, -0.2) is 37.1 Å². The largest absolute Gasteiger partial charge is 0.369 e. The van der Waals surface area contributed by atoms with E-state index in [0.29, 0.717) is 6.04 Å². The topological polar surface area (TPSA) is 6.48 Å². The third-order valence-corrected chi connectivity index (χ3v) is 3.44. The lowest BCUT2D eigenvalue weighted by atomic mass is 10.2. The standard InChI is InChI=1S/C14H22N2/c1-12(2)15-8-10-16(11-9-15)14-6-4-13(3)5-7-14/h4-7,12H,8-11H2,1-3H3. The number of hydrogen-bond donors (Lipinski definition) is 0. The van der Waals surface area contributed by atoms with Crippen LogP contribution in [0.5, 0.6) is 0 Å². The third kappa shape index (κ3) is 2.56. The first-order valence-electron chi connectivity index (χ1n) is 6.22. The first-order chi connectivity index (χ1) is 7.66. The predicted octanol–water partition coefficient (Wildman–Crippen LogP) is 2.53. The maximum Gasteiger partial charge on any atom is 0.0367 e. The number of benzene rings is 1. The molecule has 0 aromatic heterocycles. The summed E-state index contributed by atoms with van der Waals surface area (Å²) in [5.41, 5.74) is 2.71. The van der Waals surface area contributed by atoms with Crippen LogP contribution in [0.1, 0.15) is 19.4 Å². The average molecular weight is 218 g/mol. The van der Waals surface area contributed by atoms with Crippen molar-refractivity contribution in [3.8, 4) is 0 Å². The Kier molecular flexibility index (Phi) is 3.49. The van der Waals surface area contributed by atoms with Gasteiger partial charge < -0.3 is 4.90 Å². The van der Waals surface area contributed by atoms with Crippen LogP contribution in [0.15, 0.2) is 24.3 Å². The van der Waals surface area contributed by atoms with Crippen LogP contribution in [0.3, 0.4) is 0 Å². The van der Waals surface area contributed by atoms with Crippen LogP contribution >= 0.6 is 0 Å². The zero-order valence-electron chi connectivity index (χ0n) is 10.6. The number of hydrogen-bond acceptors (Lipinski definition) is 2. The van der Waals surface area contributed by atoms with Crippen LogP contribution in [0.2, 0.25) is 0 Å². The van der Waals surface area contributed by atoms with E-state index in [0.717, 1.165) is 13.1 Å². The summed E-state index contributed by atoms with van der Waals surface area (Å²) in [6, 6.07) is 9.55. The van der Waals surface area contributed by atoms with Gasteiger partial charge in [-0.05, 0) is 32.9 Å². The Morgan fingerprint density at radius 3 is 2.00 bits per heavy atom. The minimum absolute atomic E-state index is 0.681. The quantitative estimate of drug-likeness (QED) is 0.752. The highest BCUT2D eigenvalue weighted by molar-refractivity contribution is 5.47. The van der Waals surface area contributed by atoms with E-state index in [1.807, 2.05) is 0 Å². The van der Waals surface area contributed by atoms with Gasteiger partial charge in [-0.1, -0.05) is 17.7 Å². The van der Waals surface area contributed by atoms with E-state index in [4.69, 9.17) is 0 Å². The highest BCUT2D eigenvalue weighted by Gasteiger charge is 2.18. The first kappa shape index (κ1) is 11.5. The van der Waals surface area contributed by atoms with Gasteiger partial charge in [-0.15, -0.1) is 0 Å². The molecule has 16 heavy (non-hydrogen) atoms. The molecule has 0 bridgehead atoms. The fraction of sp³-hybridized carbons (Fsp3) is 0.571. The van der Waals surface area contributed by atoms with Crippen molar-refractivity contribution < 1.29 is 0 Å². The van der Waals surface area contributed by atoms with Gasteiger partial charge in [0.25, 0.3) is 0 Å². The van der Waals surface area contributed by atoms with E-state index in [1.165, 1.54) is 24.3 Å². The van der Waals surface area contributed by atoms with E-state index in [9.17, 15) is 0 Å². The number of nitrogens with zero attached hydrogens (tertiary/aromatic N) is 2. The number of piperazine rings is 1. The molecule has 0 aliphatic carbocycles. The highest BCUT2D eigenvalue weighted by atomic mass is 15.3. The zero-order chi connectivity index (χ0) is 11.5. The average Bonchev–Trinajstić information content (AvgIpc) is 2.30. The Hall–Kier alpha value is -1.02. The second kappa shape index (κ2) is 4.88. The normalized spacial score (nSPS) is 18.1. The monoisotopic (exact) mass is 218 g/mol. The number of aryl methyl sites for hydroxylation is 1. The Morgan fingerprint density at radius 2 is 1.50 bits per heavy atom. The minimum Gasteiger partial charge on any atom is -0.369 e. The molecule has 0 amide bonds. The summed E-state index contributed by atoms with van der Waals surface area (Å²) in [7, 11) is 0. The van der Waals surface area contributed by atoms with Crippen molar-refractivity contribution in [2.45, 2.75) is 26.8 Å². The first-order valence-corrected chi connectivity index (χ1v) is 6.22. The van der Waals surface area contributed by atoms with Crippen molar-refractivity contribution in [2.75, 3.05) is 31.1 Å². The predicted molar refractivity (Wildman–Crippen MR) is 70.1 cm³/mol. The fourth-order valence-electron chi connectivity index (χ4n) is 2.25. The summed E-state index contributed by atoms with van der Waals surface area (Å²) in [6.07, 6.45) is 0. The van der Waals surface area contributed by atoms with Gasteiger partial charge in [0, 0.05) is 37.9 Å². The molecule has 0 N–H and O–H groups in total. The van der Waals surface area contributed by atoms with Crippen LogP contribution < -0.4 is 4.90 Å². The van der Waals surface area contributed by atoms with Gasteiger partial charge >= 0.3 is 0 Å². The Labute approximate surface area is 98.9 Å². The van der Waals surface area contributed by atoms with Crippen molar-refractivity contribution in [1.82, 2.24) is 4.90 Å². The van der Waals surface area contributed by atoms with Crippen molar-refractivity contribution >= 4 is 5.69 Å². The molecule has 88 valence electrons. The van der Waals surface area contributed by atoms with E-state index in [1.54, 1.807) is 0 Å². The number of anilines is 1. The van der Waals surface area contributed by atoms with Crippen LogP contribution in [0.4, 0.5) is 5.69 Å². The lowest BCUT2D eigenvalue weighted by Crippen LogP contribution is -2.48. The van der Waals surface area contributed by atoms with Crippen molar-refractivity contribution in [3.63, 3.8) is 0 Å². The van der Waals surface area contributed by atoms with E-state index in [-0.39, 0.29) is 0 Å². The molecule has 1 aromatic carbocycles. The van der Waals surface area contributed by atoms with Gasteiger partial charge in [-0.25, -0.2) is 0 Å². The lowest BCUT2D eigenvalue weighted by molar-refractivity contribution is 0.209. The molecule has 1 saturated heterocycles. The smallest absolute Gasteiger partial charge is 0.0367 e. The SMILES string of the molecule is Cc1ccc(N2CCN(C(C)C)CC2)cc1. The highest BCUT2D eigenvalue weighted by Crippen LogP contribution is 2.17. The van der Waals surface area contributed by atoms with E-state index >= 15 is 0 Å². The molecule has 0 saturated carbocycles. The minimum atomic E-state index is 0.681. The van der Waals surface area contributed by atoms with Crippen LogP contribution in [0, 0.1) is 6.92 Å². The molecule has 1 heterocycles. The second-order valence-corrected chi connectivity index (χ2v) is 4.95. The van der Waals surface area contributed by atoms with Crippen molar-refractivity contribution in [1.29, 1.82) is 0 Å². The van der Waals surface area contributed by atoms with Gasteiger partial charge in [0.15, 0.2) is 0 Å². The van der Waals surface area contributed by atoms with E-state index in [2.05, 4.69) is 54.8 Å². The Balaban J connectivity index is 1.96. The molecule has 1 aliphatic heterocycles. The molecule has 0 unspecified atom stereocenters. The van der Waals surface area contributed by atoms with E-state index < -0.39 is 0 Å². The molecule has 1 fully saturated rings. The Morgan fingerprint density at radius 1 is 0.938 bits per heavy atom. The zero-order valence-corrected chi connectivity index (χ0v) is 10.6. The third-order valence-electron chi connectivity index (χ3n) is 3.44. The molecular weight excluding hydrogens is 196 g/mol. The molecular formula is C14H22N2. The lowest BCUT2D eigenvalue weighted by Gasteiger charge is -2.38. The summed E-state index contributed by atoms with van der Waals surface area (Å²) in [5, 5.41) is 0. The number of rotatable bonds is 2. The van der Waals surface area contributed by atoms with Gasteiger partial charge in [0.2, 0.25) is 0 Å². The summed E-state index contributed by atoms with van der Waals surface area (Å²) in [5.74, 6) is 0. The molecule has 2 heteroatoms. The summed E-state index contributed by atoms with van der Waals surface area (Å²) >= 11 is 0. The van der Waals surface area contributed by atoms with Gasteiger partial charge in [-0.3, -0.25) is 4.90 Å². The maximum atomic E-state index is 2.55. The summed E-state index contributed by atoms with van der Waals surface area (Å²) < 4.78 is 0. The molecule has 0 spiro atoms. The summed E-state index contributed by atoms with van der Waals surface area (Å²) in [6.45, 7) is 11.4. The van der Waals surface area contributed by atoms with Gasteiger partial charge in [0.05, 0.1) is 0 Å². The van der Waals surface area contributed by atoms with Gasteiger partial charge in [0.1, 0.15) is 0 Å². The summed E-state index contributed by atoms with van der Waals surface area (Å²) in [4.78, 5) is 5.03. The molecule has 0 radical (unpaired) electrons. The second-order valence-electron chi connectivity index (χ2n) is 4.95. The van der Waals surface area contributed by atoms with Crippen LogP contribution in [0.25, 0.3) is 0 Å². The van der Waals surface area contributed by atoms with Crippen LogP contribution in [-0.2, 0) is 0 Å². The molecule has 2 nitrogen and oxygen atoms in total. The molecule has 2 rings (SSSR count). The fourth-order valence-corrected chi connectivity index (χ4v) is 2.25. The van der Waals surface area contributed by atoms with Crippen molar-refractivity contribution in [3.05, 3.63) is 29.8 Å².